The molecule has 0 atom stereocenters. The largest absolute Gasteiger partial charge is 0.490 e. The average molecular weight is 476 g/mol. The number of benzene rings is 3. The van der Waals surface area contributed by atoms with Crippen LogP contribution < -0.4 is 14.8 Å². The molecule has 1 saturated heterocycles. The van der Waals surface area contributed by atoms with E-state index in [2.05, 4.69) is 55.6 Å². The van der Waals surface area contributed by atoms with E-state index < -0.39 is 0 Å². The molecule has 0 aromatic heterocycles. The molecule has 4 rings (SSSR count). The lowest BCUT2D eigenvalue weighted by molar-refractivity contribution is -0.115. The van der Waals surface area contributed by atoms with Gasteiger partial charge in [-0.05, 0) is 47.0 Å². The molecule has 0 unspecified atom stereocenters. The van der Waals surface area contributed by atoms with E-state index in [9.17, 15) is 4.79 Å². The highest BCUT2D eigenvalue weighted by Gasteiger charge is 2.23. The van der Waals surface area contributed by atoms with E-state index in [1.807, 2.05) is 48.5 Å². The Bertz CT molecular complexity index is 1150. The maximum Gasteiger partial charge on any atom is 0.263 e. The molecular weight excluding hydrogens is 450 g/mol. The van der Waals surface area contributed by atoms with Gasteiger partial charge in [-0.25, -0.2) is 0 Å². The summed E-state index contributed by atoms with van der Waals surface area (Å²) in [4.78, 5) is 12.4. The lowest BCUT2D eigenvalue weighted by Gasteiger charge is -2.26. The Hall–Kier alpha value is -3.09. The van der Waals surface area contributed by atoms with Gasteiger partial charge in [-0.3, -0.25) is 4.79 Å². The van der Waals surface area contributed by atoms with E-state index in [0.29, 0.717) is 22.4 Å². The van der Waals surface area contributed by atoms with Gasteiger partial charge in [-0.15, -0.1) is 0 Å². The number of hydrogen-bond donors (Lipinski definition) is 1. The van der Waals surface area contributed by atoms with Crippen LogP contribution in [-0.4, -0.2) is 23.4 Å². The van der Waals surface area contributed by atoms with Crippen LogP contribution in [-0.2, 0) is 10.2 Å². The van der Waals surface area contributed by atoms with E-state index in [-0.39, 0.29) is 11.3 Å². The summed E-state index contributed by atoms with van der Waals surface area (Å²) in [6.07, 6.45) is 1.81. The lowest BCUT2D eigenvalue weighted by atomic mass is 9.78. The van der Waals surface area contributed by atoms with Gasteiger partial charge in [0.05, 0.1) is 4.91 Å². The van der Waals surface area contributed by atoms with Crippen molar-refractivity contribution in [2.24, 2.45) is 0 Å². The number of ether oxygens (including phenoxy) is 2. The smallest absolute Gasteiger partial charge is 0.263 e. The van der Waals surface area contributed by atoms with Crippen molar-refractivity contribution in [3.05, 3.63) is 100 Å². The fourth-order valence-corrected chi connectivity index (χ4v) is 4.59. The number of thiocarbonyl (C=S) groups is 1. The minimum atomic E-state index is -0.154. The first-order valence-electron chi connectivity index (χ1n) is 10.7. The van der Waals surface area contributed by atoms with Gasteiger partial charge in [-0.1, -0.05) is 92.4 Å². The molecule has 1 heterocycles. The van der Waals surface area contributed by atoms with Crippen LogP contribution in [0.4, 0.5) is 0 Å². The standard InChI is InChI=1S/C27H25NO3S2/c1-27(2,20-6-4-3-5-7-20)21-10-14-23(15-11-21)31-17-16-30-22-12-8-19(9-13-22)18-24-25(29)28-26(32)33-24/h3-15,18H,16-17H2,1-2H3,(H,28,29,32)/b24-18+. The minimum Gasteiger partial charge on any atom is -0.490 e. The van der Waals surface area contributed by atoms with Crippen LogP contribution in [0, 0.1) is 0 Å². The van der Waals surface area contributed by atoms with Crippen molar-refractivity contribution in [1.82, 2.24) is 5.32 Å². The Morgan fingerprint density at radius 1 is 0.848 bits per heavy atom. The van der Waals surface area contributed by atoms with Crippen molar-refractivity contribution in [2.75, 3.05) is 13.2 Å². The van der Waals surface area contributed by atoms with Gasteiger partial charge < -0.3 is 14.8 Å². The quantitative estimate of drug-likeness (QED) is 0.247. The van der Waals surface area contributed by atoms with Gasteiger partial charge in [0.1, 0.15) is 29.0 Å². The third-order valence-corrected chi connectivity index (χ3v) is 6.67. The molecule has 0 saturated carbocycles. The molecule has 6 heteroatoms. The molecule has 1 amide bonds. The molecule has 3 aromatic carbocycles. The van der Waals surface area contributed by atoms with E-state index >= 15 is 0 Å². The zero-order valence-electron chi connectivity index (χ0n) is 18.5. The predicted molar refractivity (Wildman–Crippen MR) is 139 cm³/mol. The number of nitrogens with one attached hydrogen (secondary N) is 1. The van der Waals surface area contributed by atoms with Gasteiger partial charge in [0.25, 0.3) is 5.91 Å². The van der Waals surface area contributed by atoms with E-state index in [0.717, 1.165) is 17.1 Å². The third-order valence-electron chi connectivity index (χ3n) is 5.51. The second-order valence-corrected chi connectivity index (χ2v) is 9.85. The van der Waals surface area contributed by atoms with Crippen LogP contribution in [0.15, 0.2) is 83.8 Å². The van der Waals surface area contributed by atoms with Gasteiger partial charge in [0, 0.05) is 5.41 Å². The first kappa shape index (κ1) is 23.1. The molecule has 0 radical (unpaired) electrons. The van der Waals surface area contributed by atoms with Gasteiger partial charge in [0.2, 0.25) is 0 Å². The summed E-state index contributed by atoms with van der Waals surface area (Å²) in [6.45, 7) is 5.33. The van der Waals surface area contributed by atoms with Crippen molar-refractivity contribution in [3.63, 3.8) is 0 Å². The Balaban J connectivity index is 1.26. The number of amides is 1. The monoisotopic (exact) mass is 475 g/mol. The Morgan fingerprint density at radius 2 is 1.39 bits per heavy atom. The molecule has 1 aliphatic heterocycles. The summed E-state index contributed by atoms with van der Waals surface area (Å²) >= 11 is 6.28. The van der Waals surface area contributed by atoms with E-state index in [1.54, 1.807) is 0 Å². The number of carbonyl (C=O) groups is 1. The molecule has 1 N–H and O–H groups in total. The lowest BCUT2D eigenvalue weighted by Crippen LogP contribution is -2.18. The second kappa shape index (κ2) is 10.2. The topological polar surface area (TPSA) is 47.6 Å². The molecule has 1 fully saturated rings. The number of rotatable bonds is 8. The molecule has 0 aliphatic carbocycles. The van der Waals surface area contributed by atoms with Crippen LogP contribution in [0.5, 0.6) is 11.5 Å². The summed E-state index contributed by atoms with van der Waals surface area (Å²) in [5.41, 5.74) is 3.36. The summed E-state index contributed by atoms with van der Waals surface area (Å²) < 4.78 is 12.1. The van der Waals surface area contributed by atoms with E-state index in [4.69, 9.17) is 21.7 Å². The van der Waals surface area contributed by atoms with Crippen molar-refractivity contribution >= 4 is 40.3 Å². The van der Waals surface area contributed by atoms with Crippen molar-refractivity contribution in [2.45, 2.75) is 19.3 Å². The molecule has 168 valence electrons. The molecule has 4 nitrogen and oxygen atoms in total. The zero-order chi connectivity index (χ0) is 23.3. The van der Waals surface area contributed by atoms with Gasteiger partial charge >= 0.3 is 0 Å². The fourth-order valence-electron chi connectivity index (χ4n) is 3.54. The van der Waals surface area contributed by atoms with Gasteiger partial charge in [0.15, 0.2) is 0 Å². The van der Waals surface area contributed by atoms with E-state index in [1.165, 1.54) is 22.9 Å². The highest BCUT2D eigenvalue weighted by atomic mass is 32.2. The summed E-state index contributed by atoms with van der Waals surface area (Å²) in [6, 6.07) is 26.3. The molecule has 3 aromatic rings. The zero-order valence-corrected chi connectivity index (χ0v) is 20.2. The maximum atomic E-state index is 11.8. The maximum absolute atomic E-state index is 11.8. The summed E-state index contributed by atoms with van der Waals surface area (Å²) in [7, 11) is 0. The average Bonchev–Trinajstić information content (AvgIpc) is 3.15. The minimum absolute atomic E-state index is 0.0723. The first-order valence-corrected chi connectivity index (χ1v) is 11.9. The predicted octanol–water partition coefficient (Wildman–Crippen LogP) is 5.96. The normalized spacial score (nSPS) is 14.9. The molecule has 0 spiro atoms. The highest BCUT2D eigenvalue weighted by molar-refractivity contribution is 8.26. The third kappa shape index (κ3) is 5.83. The van der Waals surface area contributed by atoms with Crippen LogP contribution >= 0.6 is 24.0 Å². The molecule has 1 aliphatic rings. The molecule has 33 heavy (non-hydrogen) atoms. The Labute approximate surface area is 204 Å². The van der Waals surface area contributed by atoms with Crippen LogP contribution in [0.2, 0.25) is 0 Å². The fraction of sp³-hybridized carbons (Fsp3) is 0.185. The SMILES string of the molecule is CC(C)(c1ccccc1)c1ccc(OCCOc2ccc(/C=C3/SC(=S)NC3=O)cc2)cc1. The number of thioether (sulfide) groups is 1. The summed E-state index contributed by atoms with van der Waals surface area (Å²) in [5.74, 6) is 1.41. The Morgan fingerprint density at radius 3 is 1.94 bits per heavy atom. The van der Waals surface area contributed by atoms with Crippen molar-refractivity contribution in [3.8, 4) is 11.5 Å². The molecular formula is C27H25NO3S2. The van der Waals surface area contributed by atoms with Crippen molar-refractivity contribution < 1.29 is 14.3 Å². The number of carbonyl (C=O) groups excluding carboxylic acids is 1. The van der Waals surface area contributed by atoms with Crippen molar-refractivity contribution in [1.29, 1.82) is 0 Å². The highest BCUT2D eigenvalue weighted by Crippen LogP contribution is 2.32. The first-order chi connectivity index (χ1) is 15.9. The van der Waals surface area contributed by atoms with Gasteiger partial charge in [-0.2, -0.15) is 0 Å². The summed E-state index contributed by atoms with van der Waals surface area (Å²) in [5, 5.41) is 2.61. The van der Waals surface area contributed by atoms with Crippen LogP contribution in [0.1, 0.15) is 30.5 Å². The number of hydrogen-bond acceptors (Lipinski definition) is 5. The second-order valence-electron chi connectivity index (χ2n) is 8.13. The van der Waals surface area contributed by atoms with Crippen LogP contribution in [0.25, 0.3) is 6.08 Å². The molecule has 0 bridgehead atoms. The van der Waals surface area contributed by atoms with Crippen LogP contribution in [0.3, 0.4) is 0 Å². The Kier molecular flexibility index (Phi) is 7.16.